The normalized spacial score (nSPS) is 30.0. The van der Waals surface area contributed by atoms with Gasteiger partial charge in [0.2, 0.25) is 5.91 Å². The molecule has 2 unspecified atom stereocenters. The number of hydrogen-bond acceptors (Lipinski definition) is 4. The number of carbonyl (C=O) groups excluding carboxylic acids is 1. The van der Waals surface area contributed by atoms with Crippen molar-refractivity contribution >= 4 is 5.91 Å². The molecule has 0 aromatic carbocycles. The van der Waals surface area contributed by atoms with Gasteiger partial charge >= 0.3 is 0 Å². The van der Waals surface area contributed by atoms with E-state index in [1.807, 2.05) is 6.92 Å². The van der Waals surface area contributed by atoms with E-state index in [0.29, 0.717) is 12.1 Å². The summed E-state index contributed by atoms with van der Waals surface area (Å²) in [6.07, 6.45) is 6.49. The average molecular weight is 295 g/mol. The molecule has 1 saturated carbocycles. The van der Waals surface area contributed by atoms with Crippen LogP contribution in [0.3, 0.4) is 0 Å². The van der Waals surface area contributed by atoms with Crippen LogP contribution in [0.15, 0.2) is 0 Å². The monoisotopic (exact) mass is 295 g/mol. The molecule has 1 amide bonds. The van der Waals surface area contributed by atoms with Crippen LogP contribution in [-0.2, 0) is 9.53 Å². The molecule has 1 N–H and O–H groups in total. The molecule has 5 nitrogen and oxygen atoms in total. The number of hydrogen-bond donors (Lipinski definition) is 1. The second-order valence-electron chi connectivity index (χ2n) is 6.78. The SMILES string of the molecule is CC(C(=O)NC1CC1)N1CCN(CC2CCCCO2)CC1. The quantitative estimate of drug-likeness (QED) is 0.816. The molecule has 2 saturated heterocycles. The minimum Gasteiger partial charge on any atom is -0.377 e. The summed E-state index contributed by atoms with van der Waals surface area (Å²) in [5.41, 5.74) is 0. The van der Waals surface area contributed by atoms with Crippen molar-refractivity contribution in [1.29, 1.82) is 0 Å². The van der Waals surface area contributed by atoms with Crippen LogP contribution in [0.5, 0.6) is 0 Å². The van der Waals surface area contributed by atoms with E-state index in [1.165, 1.54) is 19.3 Å². The van der Waals surface area contributed by atoms with Crippen LogP contribution < -0.4 is 5.32 Å². The summed E-state index contributed by atoms with van der Waals surface area (Å²) in [6, 6.07) is 0.475. The number of ether oxygens (including phenoxy) is 1. The van der Waals surface area contributed by atoms with E-state index in [1.54, 1.807) is 0 Å². The van der Waals surface area contributed by atoms with Crippen LogP contribution in [0.25, 0.3) is 0 Å². The predicted octanol–water partition coefficient (Wildman–Crippen LogP) is 0.840. The Morgan fingerprint density at radius 3 is 2.57 bits per heavy atom. The molecule has 1 aliphatic carbocycles. The van der Waals surface area contributed by atoms with Crippen molar-refractivity contribution in [2.75, 3.05) is 39.3 Å². The summed E-state index contributed by atoms with van der Waals surface area (Å²) in [7, 11) is 0. The van der Waals surface area contributed by atoms with Crippen molar-refractivity contribution < 1.29 is 9.53 Å². The maximum atomic E-state index is 12.1. The van der Waals surface area contributed by atoms with Gasteiger partial charge in [0.05, 0.1) is 12.1 Å². The number of nitrogens with zero attached hydrogens (tertiary/aromatic N) is 2. The van der Waals surface area contributed by atoms with Crippen LogP contribution in [0, 0.1) is 0 Å². The van der Waals surface area contributed by atoms with Crippen molar-refractivity contribution in [1.82, 2.24) is 15.1 Å². The van der Waals surface area contributed by atoms with E-state index in [2.05, 4.69) is 15.1 Å². The lowest BCUT2D eigenvalue weighted by molar-refractivity contribution is -0.126. The van der Waals surface area contributed by atoms with Gasteiger partial charge in [-0.2, -0.15) is 0 Å². The zero-order valence-corrected chi connectivity index (χ0v) is 13.2. The molecule has 0 radical (unpaired) electrons. The van der Waals surface area contributed by atoms with Gasteiger partial charge < -0.3 is 10.1 Å². The predicted molar refractivity (Wildman–Crippen MR) is 82.2 cm³/mol. The average Bonchev–Trinajstić information content (AvgIpc) is 3.32. The number of carbonyl (C=O) groups is 1. The van der Waals surface area contributed by atoms with Crippen molar-refractivity contribution in [3.63, 3.8) is 0 Å². The summed E-state index contributed by atoms with van der Waals surface area (Å²) in [5.74, 6) is 0.210. The topological polar surface area (TPSA) is 44.8 Å². The zero-order valence-electron chi connectivity index (χ0n) is 13.2. The van der Waals surface area contributed by atoms with E-state index >= 15 is 0 Å². The van der Waals surface area contributed by atoms with Gasteiger partial charge in [0, 0.05) is 45.4 Å². The molecular weight excluding hydrogens is 266 g/mol. The first kappa shape index (κ1) is 15.3. The van der Waals surface area contributed by atoms with Crippen molar-refractivity contribution in [2.45, 2.75) is 57.2 Å². The van der Waals surface area contributed by atoms with Gasteiger partial charge in [-0.05, 0) is 39.0 Å². The van der Waals surface area contributed by atoms with Crippen LogP contribution in [0.2, 0.25) is 0 Å². The van der Waals surface area contributed by atoms with E-state index in [0.717, 1.165) is 52.2 Å². The number of nitrogens with one attached hydrogen (secondary N) is 1. The van der Waals surface area contributed by atoms with Gasteiger partial charge in [0.15, 0.2) is 0 Å². The van der Waals surface area contributed by atoms with Crippen LogP contribution in [0.1, 0.15) is 39.0 Å². The second-order valence-corrected chi connectivity index (χ2v) is 6.78. The Kier molecular flexibility index (Phi) is 5.14. The van der Waals surface area contributed by atoms with Crippen LogP contribution >= 0.6 is 0 Å². The Morgan fingerprint density at radius 2 is 1.95 bits per heavy atom. The van der Waals surface area contributed by atoms with Crippen LogP contribution in [0.4, 0.5) is 0 Å². The minimum atomic E-state index is 0.0127. The van der Waals surface area contributed by atoms with E-state index < -0.39 is 0 Å². The van der Waals surface area contributed by atoms with E-state index in [4.69, 9.17) is 4.74 Å². The highest BCUT2D eigenvalue weighted by atomic mass is 16.5. The molecule has 3 rings (SSSR count). The molecule has 2 heterocycles. The van der Waals surface area contributed by atoms with Gasteiger partial charge in [-0.15, -0.1) is 0 Å². The molecule has 2 aliphatic heterocycles. The lowest BCUT2D eigenvalue weighted by Crippen LogP contribution is -2.55. The first-order chi connectivity index (χ1) is 10.2. The van der Waals surface area contributed by atoms with Crippen LogP contribution in [-0.4, -0.2) is 73.2 Å². The first-order valence-electron chi connectivity index (χ1n) is 8.61. The summed E-state index contributed by atoms with van der Waals surface area (Å²) in [4.78, 5) is 16.9. The number of amides is 1. The van der Waals surface area contributed by atoms with Gasteiger partial charge in [0.25, 0.3) is 0 Å². The Morgan fingerprint density at radius 1 is 1.19 bits per heavy atom. The van der Waals surface area contributed by atoms with Crippen molar-refractivity contribution in [2.24, 2.45) is 0 Å². The minimum absolute atomic E-state index is 0.0127. The Bertz CT molecular complexity index is 345. The van der Waals surface area contributed by atoms with Crippen molar-refractivity contribution in [3.05, 3.63) is 0 Å². The Labute approximate surface area is 128 Å². The number of rotatable bonds is 5. The second kappa shape index (κ2) is 7.07. The standard InChI is InChI=1S/C16H29N3O2/c1-13(16(20)17-14-5-6-14)19-9-7-18(8-10-19)12-15-4-2-3-11-21-15/h13-15H,2-12H2,1H3,(H,17,20). The highest BCUT2D eigenvalue weighted by Crippen LogP contribution is 2.19. The molecule has 0 spiro atoms. The fourth-order valence-electron chi connectivity index (χ4n) is 3.29. The molecule has 0 bridgehead atoms. The molecule has 2 atom stereocenters. The molecule has 3 fully saturated rings. The molecule has 0 aromatic rings. The third kappa shape index (κ3) is 4.41. The van der Waals surface area contributed by atoms with E-state index in [-0.39, 0.29) is 11.9 Å². The smallest absolute Gasteiger partial charge is 0.237 e. The largest absolute Gasteiger partial charge is 0.377 e. The number of piperazine rings is 1. The zero-order chi connectivity index (χ0) is 14.7. The Balaban J connectivity index is 1.38. The van der Waals surface area contributed by atoms with Gasteiger partial charge in [-0.3, -0.25) is 14.6 Å². The highest BCUT2D eigenvalue weighted by Gasteiger charge is 2.30. The summed E-state index contributed by atoms with van der Waals surface area (Å²) in [6.45, 7) is 8.14. The maximum absolute atomic E-state index is 12.1. The van der Waals surface area contributed by atoms with Crippen molar-refractivity contribution in [3.8, 4) is 0 Å². The maximum Gasteiger partial charge on any atom is 0.237 e. The van der Waals surface area contributed by atoms with E-state index in [9.17, 15) is 4.79 Å². The lowest BCUT2D eigenvalue weighted by atomic mass is 10.1. The summed E-state index contributed by atoms with van der Waals surface area (Å²) < 4.78 is 5.82. The van der Waals surface area contributed by atoms with Gasteiger partial charge in [0.1, 0.15) is 0 Å². The molecule has 21 heavy (non-hydrogen) atoms. The van der Waals surface area contributed by atoms with Gasteiger partial charge in [-0.1, -0.05) is 0 Å². The molecule has 5 heteroatoms. The highest BCUT2D eigenvalue weighted by molar-refractivity contribution is 5.81. The third-order valence-corrected chi connectivity index (χ3v) is 4.99. The fraction of sp³-hybridized carbons (Fsp3) is 0.938. The summed E-state index contributed by atoms with van der Waals surface area (Å²) in [5, 5.41) is 3.11. The molecule has 3 aliphatic rings. The summed E-state index contributed by atoms with van der Waals surface area (Å²) >= 11 is 0. The third-order valence-electron chi connectivity index (χ3n) is 4.99. The van der Waals surface area contributed by atoms with Gasteiger partial charge in [-0.25, -0.2) is 0 Å². The molecule has 120 valence electrons. The first-order valence-corrected chi connectivity index (χ1v) is 8.61. The Hall–Kier alpha value is -0.650. The molecular formula is C16H29N3O2. The lowest BCUT2D eigenvalue weighted by Gasteiger charge is -2.39. The fourth-order valence-corrected chi connectivity index (χ4v) is 3.29. The molecule has 0 aromatic heterocycles.